The van der Waals surface area contributed by atoms with Gasteiger partial charge in [-0.25, -0.2) is 9.18 Å². The molecule has 0 heterocycles. The highest BCUT2D eigenvalue weighted by Gasteiger charge is 2.27. The third-order valence-electron chi connectivity index (χ3n) is 3.23. The van der Waals surface area contributed by atoms with Crippen LogP contribution in [0.1, 0.15) is 32.4 Å². The van der Waals surface area contributed by atoms with Crippen LogP contribution in [-0.2, 0) is 9.53 Å². The fourth-order valence-electron chi connectivity index (χ4n) is 2.03. The molecule has 2 N–H and O–H groups in total. The fraction of sp³-hybridized carbons (Fsp3) is 0.533. The summed E-state index contributed by atoms with van der Waals surface area (Å²) >= 11 is 0. The maximum Gasteiger partial charge on any atom is 0.342 e. The van der Waals surface area contributed by atoms with Crippen LogP contribution in [0.25, 0.3) is 0 Å². The van der Waals surface area contributed by atoms with Crippen LogP contribution in [-0.4, -0.2) is 31.8 Å². The second kappa shape index (κ2) is 7.85. The zero-order valence-corrected chi connectivity index (χ0v) is 12.3. The molecule has 20 heavy (non-hydrogen) atoms. The molecule has 2 atom stereocenters. The minimum absolute atomic E-state index is 0.146. The molecule has 0 amide bonds. The number of esters is 1. The second-order valence-electron chi connectivity index (χ2n) is 4.44. The summed E-state index contributed by atoms with van der Waals surface area (Å²) in [7, 11) is 0. The van der Waals surface area contributed by atoms with Gasteiger partial charge in [0.25, 0.3) is 0 Å². The van der Waals surface area contributed by atoms with Gasteiger partial charge in [-0.1, -0.05) is 12.1 Å². The van der Waals surface area contributed by atoms with E-state index in [-0.39, 0.29) is 6.61 Å². The molecular formula is C15H23FN2O2. The Morgan fingerprint density at radius 2 is 1.80 bits per heavy atom. The average molecular weight is 282 g/mol. The molecule has 0 aromatic heterocycles. The van der Waals surface area contributed by atoms with Crippen molar-refractivity contribution in [3.63, 3.8) is 0 Å². The molecule has 1 aromatic rings. The van der Waals surface area contributed by atoms with Crippen molar-refractivity contribution in [2.24, 2.45) is 5.73 Å². The normalized spacial score (nSPS) is 13.7. The number of ether oxygens (including phenoxy) is 1. The van der Waals surface area contributed by atoms with E-state index >= 15 is 0 Å². The molecule has 0 saturated heterocycles. The molecule has 0 aliphatic carbocycles. The molecule has 0 radical (unpaired) electrons. The summed E-state index contributed by atoms with van der Waals surface area (Å²) in [5, 5.41) is 0. The Morgan fingerprint density at radius 1 is 1.25 bits per heavy atom. The molecule has 0 bridgehead atoms. The molecule has 1 rings (SSSR count). The third kappa shape index (κ3) is 3.93. The van der Waals surface area contributed by atoms with E-state index in [1.165, 1.54) is 0 Å². The van der Waals surface area contributed by atoms with Crippen LogP contribution in [0.15, 0.2) is 24.3 Å². The molecule has 0 fully saturated rings. The Bertz CT molecular complexity index is 418. The number of nitrogens with zero attached hydrogens (tertiary/aromatic N) is 1. The van der Waals surface area contributed by atoms with E-state index in [0.717, 1.165) is 18.8 Å². The summed E-state index contributed by atoms with van der Waals surface area (Å²) in [5.41, 5.74) is 7.41. The Labute approximate surface area is 119 Å². The largest absolute Gasteiger partial charge is 0.464 e. The van der Waals surface area contributed by atoms with Crippen molar-refractivity contribution < 1.29 is 13.9 Å². The van der Waals surface area contributed by atoms with E-state index < -0.39 is 18.2 Å². The van der Waals surface area contributed by atoms with Crippen molar-refractivity contribution in [3.05, 3.63) is 29.8 Å². The molecular weight excluding hydrogens is 259 g/mol. The van der Waals surface area contributed by atoms with E-state index in [1.807, 2.05) is 12.1 Å². The van der Waals surface area contributed by atoms with Crippen LogP contribution in [0.5, 0.6) is 0 Å². The first-order valence-corrected chi connectivity index (χ1v) is 6.96. The van der Waals surface area contributed by atoms with Crippen molar-refractivity contribution in [2.45, 2.75) is 33.0 Å². The number of hydrogen-bond donors (Lipinski definition) is 1. The van der Waals surface area contributed by atoms with Gasteiger partial charge in [0.05, 0.1) is 12.6 Å². The smallest absolute Gasteiger partial charge is 0.342 e. The van der Waals surface area contributed by atoms with Crippen LogP contribution in [0.2, 0.25) is 0 Å². The monoisotopic (exact) mass is 282 g/mol. The third-order valence-corrected chi connectivity index (χ3v) is 3.23. The first kappa shape index (κ1) is 16.4. The van der Waals surface area contributed by atoms with Crippen LogP contribution >= 0.6 is 0 Å². The van der Waals surface area contributed by atoms with E-state index in [9.17, 15) is 9.18 Å². The Balaban J connectivity index is 2.79. The number of carbonyl (C=O) groups excluding carboxylic acids is 1. The summed E-state index contributed by atoms with van der Waals surface area (Å²) in [6.07, 6.45) is -1.84. The van der Waals surface area contributed by atoms with Crippen LogP contribution < -0.4 is 10.6 Å². The first-order chi connectivity index (χ1) is 9.54. The topological polar surface area (TPSA) is 55.6 Å². The summed E-state index contributed by atoms with van der Waals surface area (Å²) in [6.45, 7) is 7.72. The van der Waals surface area contributed by atoms with E-state index in [4.69, 9.17) is 5.73 Å². The summed E-state index contributed by atoms with van der Waals surface area (Å²) in [4.78, 5) is 13.5. The maximum atomic E-state index is 13.8. The zero-order valence-electron chi connectivity index (χ0n) is 12.3. The van der Waals surface area contributed by atoms with Gasteiger partial charge in [0.2, 0.25) is 6.17 Å². The minimum atomic E-state index is -1.84. The van der Waals surface area contributed by atoms with E-state index in [0.29, 0.717) is 5.56 Å². The molecule has 1 unspecified atom stereocenters. The predicted octanol–water partition coefficient (Wildman–Crippen LogP) is 2.43. The number of carbonyl (C=O) groups is 1. The number of benzene rings is 1. The first-order valence-electron chi connectivity index (χ1n) is 6.96. The van der Waals surface area contributed by atoms with Gasteiger partial charge in [0, 0.05) is 18.8 Å². The number of rotatable bonds is 7. The molecule has 4 nitrogen and oxygen atoms in total. The van der Waals surface area contributed by atoms with Crippen molar-refractivity contribution in [1.29, 1.82) is 0 Å². The lowest BCUT2D eigenvalue weighted by molar-refractivity contribution is -0.149. The number of anilines is 1. The molecule has 0 aliphatic rings. The summed E-state index contributed by atoms with van der Waals surface area (Å²) in [6, 6.07) is 6.29. The van der Waals surface area contributed by atoms with Gasteiger partial charge < -0.3 is 15.4 Å². The van der Waals surface area contributed by atoms with Crippen molar-refractivity contribution in [1.82, 2.24) is 0 Å². The lowest BCUT2D eigenvalue weighted by atomic mass is 10.0. The van der Waals surface area contributed by atoms with Crippen LogP contribution in [0.4, 0.5) is 10.1 Å². The Hall–Kier alpha value is -1.62. The van der Waals surface area contributed by atoms with Gasteiger partial charge in [0.15, 0.2) is 0 Å². The predicted molar refractivity (Wildman–Crippen MR) is 78.5 cm³/mol. The molecule has 5 heteroatoms. The van der Waals surface area contributed by atoms with Gasteiger partial charge in [-0.3, -0.25) is 0 Å². The van der Waals surface area contributed by atoms with Gasteiger partial charge in [0.1, 0.15) is 0 Å². The molecule has 0 spiro atoms. The summed E-state index contributed by atoms with van der Waals surface area (Å²) in [5.74, 6) is -0.909. The Kier molecular flexibility index (Phi) is 6.45. The van der Waals surface area contributed by atoms with Crippen molar-refractivity contribution in [3.8, 4) is 0 Å². The van der Waals surface area contributed by atoms with Crippen LogP contribution in [0.3, 0.4) is 0 Å². The zero-order chi connectivity index (χ0) is 15.1. The number of alkyl halides is 1. The van der Waals surface area contributed by atoms with Crippen molar-refractivity contribution >= 4 is 11.7 Å². The lowest BCUT2D eigenvalue weighted by Gasteiger charge is -2.22. The number of halogens is 1. The number of hydrogen-bond acceptors (Lipinski definition) is 4. The van der Waals surface area contributed by atoms with Crippen molar-refractivity contribution in [2.75, 3.05) is 24.6 Å². The van der Waals surface area contributed by atoms with E-state index in [1.54, 1.807) is 19.1 Å². The van der Waals surface area contributed by atoms with Gasteiger partial charge in [-0.05, 0) is 38.5 Å². The van der Waals surface area contributed by atoms with Gasteiger partial charge in [-0.2, -0.15) is 0 Å². The van der Waals surface area contributed by atoms with Gasteiger partial charge in [-0.15, -0.1) is 0 Å². The highest BCUT2D eigenvalue weighted by atomic mass is 19.1. The minimum Gasteiger partial charge on any atom is -0.464 e. The molecule has 112 valence electrons. The summed E-state index contributed by atoms with van der Waals surface area (Å²) < 4.78 is 18.5. The highest BCUT2D eigenvalue weighted by molar-refractivity contribution is 5.75. The molecule has 1 aromatic carbocycles. The highest BCUT2D eigenvalue weighted by Crippen LogP contribution is 2.22. The standard InChI is InChI=1S/C15H23FN2O2/c1-4-18(5-2)12-9-7-11(8-10-12)14(17)13(16)15(19)20-6-3/h7-10,13-14H,4-6,17H2,1-3H3/t13?,14-/m0/s1. The lowest BCUT2D eigenvalue weighted by Crippen LogP contribution is -2.31. The van der Waals surface area contributed by atoms with E-state index in [2.05, 4.69) is 23.5 Å². The van der Waals surface area contributed by atoms with Crippen LogP contribution in [0, 0.1) is 0 Å². The average Bonchev–Trinajstić information content (AvgIpc) is 2.48. The SMILES string of the molecule is CCOC(=O)C(F)[C@@H](N)c1ccc(N(CC)CC)cc1. The fourth-order valence-corrected chi connectivity index (χ4v) is 2.03. The van der Waals surface area contributed by atoms with Gasteiger partial charge >= 0.3 is 5.97 Å². The Morgan fingerprint density at radius 3 is 2.25 bits per heavy atom. The second-order valence-corrected chi connectivity index (χ2v) is 4.44. The molecule has 0 aliphatic heterocycles. The maximum absolute atomic E-state index is 13.8. The number of nitrogens with two attached hydrogens (primary N) is 1. The quantitative estimate of drug-likeness (QED) is 0.780. The molecule has 0 saturated carbocycles.